The summed E-state index contributed by atoms with van der Waals surface area (Å²) in [6.45, 7) is 4.23. The van der Waals surface area contributed by atoms with Gasteiger partial charge in [0.15, 0.2) is 11.5 Å². The van der Waals surface area contributed by atoms with Crippen LogP contribution in [-0.4, -0.2) is 68.3 Å². The summed E-state index contributed by atoms with van der Waals surface area (Å²) in [6, 6.07) is 9.58. The molecule has 4 heterocycles. The van der Waals surface area contributed by atoms with E-state index in [1.165, 1.54) is 0 Å². The molecule has 1 saturated heterocycles. The molecule has 1 atom stereocenters. The molecular weight excluding hydrogens is 442 g/mol. The number of halogens is 1. The Bertz CT molecular complexity index is 1290. The smallest absolute Gasteiger partial charge is 0.244 e. The quantitative estimate of drug-likeness (QED) is 0.486. The first-order valence-corrected chi connectivity index (χ1v) is 11.1. The van der Waals surface area contributed by atoms with Crippen LogP contribution >= 0.6 is 11.6 Å². The van der Waals surface area contributed by atoms with Crippen molar-refractivity contribution in [3.8, 4) is 17.3 Å². The third-order valence-electron chi connectivity index (χ3n) is 5.96. The molecule has 33 heavy (non-hydrogen) atoms. The molecule has 3 aromatic heterocycles. The zero-order valence-corrected chi connectivity index (χ0v) is 19.2. The highest BCUT2D eigenvalue weighted by Gasteiger charge is 2.29. The predicted molar refractivity (Wildman–Crippen MR) is 127 cm³/mol. The van der Waals surface area contributed by atoms with Crippen LogP contribution in [0.25, 0.3) is 22.6 Å². The van der Waals surface area contributed by atoms with E-state index >= 15 is 0 Å². The minimum absolute atomic E-state index is 0.0110. The van der Waals surface area contributed by atoms with Crippen LogP contribution in [0, 0.1) is 0 Å². The molecule has 9 nitrogen and oxygen atoms in total. The van der Waals surface area contributed by atoms with Gasteiger partial charge in [-0.25, -0.2) is 14.6 Å². The molecule has 0 aliphatic carbocycles. The van der Waals surface area contributed by atoms with Crippen molar-refractivity contribution in [2.24, 2.45) is 0 Å². The molecule has 170 valence electrons. The fraction of sp³-hybridized carbons (Fsp3) is 0.304. The van der Waals surface area contributed by atoms with Gasteiger partial charge >= 0.3 is 0 Å². The van der Waals surface area contributed by atoms with Gasteiger partial charge in [0, 0.05) is 56.0 Å². The number of anilines is 1. The number of hydrogen-bond acceptors (Lipinski definition) is 6. The summed E-state index contributed by atoms with van der Waals surface area (Å²) in [5.74, 6) is 1.31. The number of fused-ring (bicyclic) bond motifs is 1. The van der Waals surface area contributed by atoms with Gasteiger partial charge in [0.1, 0.15) is 18.0 Å². The predicted octanol–water partition coefficient (Wildman–Crippen LogP) is 3.22. The van der Waals surface area contributed by atoms with Gasteiger partial charge in [-0.1, -0.05) is 11.6 Å². The van der Waals surface area contributed by atoms with Gasteiger partial charge < -0.3 is 19.5 Å². The molecule has 1 N–H and O–H groups in total. The summed E-state index contributed by atoms with van der Waals surface area (Å²) < 4.78 is 7.01. The molecule has 1 fully saturated rings. The Kier molecular flexibility index (Phi) is 5.63. The van der Waals surface area contributed by atoms with Crippen LogP contribution in [-0.2, 0) is 11.3 Å². The normalized spacial score (nSPS) is 16.4. The summed E-state index contributed by atoms with van der Waals surface area (Å²) >= 11 is 6.17. The average Bonchev–Trinajstić information content (AvgIpc) is 3.48. The first-order valence-electron chi connectivity index (χ1n) is 10.7. The van der Waals surface area contributed by atoms with Gasteiger partial charge in [0.2, 0.25) is 5.91 Å². The van der Waals surface area contributed by atoms with Gasteiger partial charge in [-0.2, -0.15) is 5.10 Å². The number of nitrogens with zero attached hydrogens (tertiary/aromatic N) is 6. The molecule has 1 amide bonds. The summed E-state index contributed by atoms with van der Waals surface area (Å²) in [6.07, 6.45) is 5.14. The zero-order valence-electron chi connectivity index (χ0n) is 18.4. The highest BCUT2D eigenvalue weighted by atomic mass is 35.5. The number of hydrogen-bond donors (Lipinski definition) is 1. The highest BCUT2D eigenvalue weighted by Crippen LogP contribution is 2.30. The Labute approximate surface area is 195 Å². The Morgan fingerprint density at radius 3 is 2.88 bits per heavy atom. The second-order valence-electron chi connectivity index (χ2n) is 8.02. The Hall–Kier alpha value is -3.59. The summed E-state index contributed by atoms with van der Waals surface area (Å²) in [7, 11) is 1.61. The number of methoxy groups -OCH3 is 1. The molecule has 1 aliphatic heterocycles. The van der Waals surface area contributed by atoms with E-state index < -0.39 is 0 Å². The molecule has 0 spiro atoms. The van der Waals surface area contributed by atoms with E-state index in [9.17, 15) is 4.79 Å². The van der Waals surface area contributed by atoms with Crippen molar-refractivity contribution in [2.45, 2.75) is 19.5 Å². The maximum Gasteiger partial charge on any atom is 0.244 e. The number of H-pyrrole nitrogens is 1. The van der Waals surface area contributed by atoms with Gasteiger partial charge in [0.25, 0.3) is 0 Å². The highest BCUT2D eigenvalue weighted by molar-refractivity contribution is 6.32. The largest absolute Gasteiger partial charge is 0.495 e. The number of rotatable bonds is 5. The van der Waals surface area contributed by atoms with Gasteiger partial charge in [0.05, 0.1) is 17.5 Å². The lowest BCUT2D eigenvalue weighted by Crippen LogP contribution is -2.54. The van der Waals surface area contributed by atoms with Crippen molar-refractivity contribution >= 4 is 34.2 Å². The fourth-order valence-corrected chi connectivity index (χ4v) is 4.51. The molecule has 0 unspecified atom stereocenters. The maximum atomic E-state index is 13.3. The molecule has 1 aromatic carbocycles. The van der Waals surface area contributed by atoms with E-state index in [4.69, 9.17) is 16.3 Å². The summed E-state index contributed by atoms with van der Waals surface area (Å²) in [4.78, 5) is 29.3. The summed E-state index contributed by atoms with van der Waals surface area (Å²) in [5.41, 5.74) is 2.38. The van der Waals surface area contributed by atoms with Crippen molar-refractivity contribution in [3.63, 3.8) is 0 Å². The van der Waals surface area contributed by atoms with E-state index in [1.807, 2.05) is 35.2 Å². The van der Waals surface area contributed by atoms with Crippen LogP contribution in [0.4, 0.5) is 5.69 Å². The molecule has 0 saturated carbocycles. The molecule has 4 aromatic rings. The SMILES string of the molecule is COc1cc(N2CCN(C(=O)Cn3nc(-c4ncc[nH]4)c4cccnc43)[C@@H](C)C2)ccc1Cl. The minimum atomic E-state index is 0.0110. The van der Waals surface area contributed by atoms with E-state index in [0.29, 0.717) is 41.0 Å². The van der Waals surface area contributed by atoms with Crippen molar-refractivity contribution in [1.29, 1.82) is 0 Å². The van der Waals surface area contributed by atoms with Gasteiger partial charge in [-0.15, -0.1) is 0 Å². The summed E-state index contributed by atoms with van der Waals surface area (Å²) in [5, 5.41) is 6.09. The van der Waals surface area contributed by atoms with Crippen molar-refractivity contribution in [3.05, 3.63) is 53.9 Å². The number of aromatic nitrogens is 5. The standard InChI is InChI=1S/C23H24ClN7O2/c1-15-13-29(16-5-6-18(24)19(12-16)33-2)10-11-30(15)20(32)14-31-23-17(4-3-7-27-23)21(28-31)22-25-8-9-26-22/h3-9,12,15H,10-11,13-14H2,1-2H3,(H,25,26)/t15-/m0/s1. The number of nitrogens with one attached hydrogen (secondary N) is 1. The molecule has 1 aliphatic rings. The molecular formula is C23H24ClN7O2. The number of benzene rings is 1. The van der Waals surface area contributed by atoms with E-state index in [-0.39, 0.29) is 18.5 Å². The van der Waals surface area contributed by atoms with Crippen LogP contribution in [0.5, 0.6) is 5.75 Å². The molecule has 0 radical (unpaired) electrons. The van der Waals surface area contributed by atoms with Crippen LogP contribution in [0.3, 0.4) is 0 Å². The van der Waals surface area contributed by atoms with Crippen LogP contribution in [0.2, 0.25) is 5.02 Å². The number of piperazine rings is 1. The molecule has 10 heteroatoms. The first kappa shape index (κ1) is 21.3. The Morgan fingerprint density at radius 1 is 1.24 bits per heavy atom. The lowest BCUT2D eigenvalue weighted by Gasteiger charge is -2.41. The van der Waals surface area contributed by atoms with Crippen LogP contribution in [0.15, 0.2) is 48.9 Å². The van der Waals surface area contributed by atoms with E-state index in [1.54, 1.807) is 30.4 Å². The van der Waals surface area contributed by atoms with E-state index in [0.717, 1.165) is 17.6 Å². The fourth-order valence-electron chi connectivity index (χ4n) is 4.32. The van der Waals surface area contributed by atoms with Gasteiger partial charge in [-0.3, -0.25) is 4.79 Å². The van der Waals surface area contributed by atoms with Gasteiger partial charge in [-0.05, 0) is 31.2 Å². The third kappa shape index (κ3) is 4.00. The second kappa shape index (κ2) is 8.74. The number of amides is 1. The average molecular weight is 466 g/mol. The zero-order chi connectivity index (χ0) is 22.9. The molecule has 0 bridgehead atoms. The Morgan fingerprint density at radius 2 is 2.12 bits per heavy atom. The second-order valence-corrected chi connectivity index (χ2v) is 8.43. The number of pyridine rings is 1. The lowest BCUT2D eigenvalue weighted by molar-refractivity contribution is -0.134. The van der Waals surface area contributed by atoms with E-state index in [2.05, 4.69) is 31.9 Å². The maximum absolute atomic E-state index is 13.3. The monoisotopic (exact) mass is 465 g/mol. The molecule has 5 rings (SSSR count). The topological polar surface area (TPSA) is 92.2 Å². The first-order chi connectivity index (χ1) is 16.0. The van der Waals surface area contributed by atoms with Crippen LogP contribution in [0.1, 0.15) is 6.92 Å². The minimum Gasteiger partial charge on any atom is -0.495 e. The number of imidazole rings is 1. The number of carbonyl (C=O) groups excluding carboxylic acids is 1. The van der Waals surface area contributed by atoms with Crippen molar-refractivity contribution in [2.75, 3.05) is 31.6 Å². The Balaban J connectivity index is 1.33. The number of aromatic amines is 1. The van der Waals surface area contributed by atoms with Crippen molar-refractivity contribution in [1.82, 2.24) is 29.6 Å². The lowest BCUT2D eigenvalue weighted by atomic mass is 10.1. The number of carbonyl (C=O) groups is 1. The third-order valence-corrected chi connectivity index (χ3v) is 6.27. The van der Waals surface area contributed by atoms with Crippen molar-refractivity contribution < 1.29 is 9.53 Å². The van der Waals surface area contributed by atoms with Crippen LogP contribution < -0.4 is 9.64 Å². The number of ether oxygens (including phenoxy) is 1.